The number of anilines is 1. The molecule has 2 aliphatic heterocycles. The van der Waals surface area contributed by atoms with Crippen molar-refractivity contribution in [2.45, 2.75) is 51.0 Å². The molecule has 0 saturated carbocycles. The van der Waals surface area contributed by atoms with E-state index in [9.17, 15) is 47.4 Å². The zero-order valence-electron chi connectivity index (χ0n) is 25.5. The van der Waals surface area contributed by atoms with Gasteiger partial charge in [0.2, 0.25) is 11.0 Å². The van der Waals surface area contributed by atoms with Gasteiger partial charge in [-0.1, -0.05) is 9.24 Å². The number of amides is 4. The molecule has 2 aliphatic rings. The summed E-state index contributed by atoms with van der Waals surface area (Å²) in [5.41, 5.74) is 0.914. The zero-order chi connectivity index (χ0) is 35.8. The predicted octanol–water partition coefficient (Wildman–Crippen LogP) is -2.26. The van der Waals surface area contributed by atoms with Crippen LogP contribution in [0.15, 0.2) is 32.4 Å². The third kappa shape index (κ3) is 7.14. The number of carboxylic acid groups (broad SMARTS) is 1. The van der Waals surface area contributed by atoms with E-state index in [0.717, 1.165) is 28.2 Å². The maximum absolute atomic E-state index is 13.3. The number of hydrogen-bond acceptors (Lipinski definition) is 16. The van der Waals surface area contributed by atoms with Crippen LogP contribution >= 0.6 is 11.3 Å². The van der Waals surface area contributed by atoms with Gasteiger partial charge in [0.15, 0.2) is 22.4 Å². The number of aromatic nitrogens is 5. The Morgan fingerprint density at radius 2 is 2.02 bits per heavy atom. The molecule has 2 atom stereocenters. The van der Waals surface area contributed by atoms with Gasteiger partial charge in [-0.05, 0) is 26.7 Å². The van der Waals surface area contributed by atoms with Crippen LogP contribution < -0.4 is 26.9 Å². The van der Waals surface area contributed by atoms with Crippen molar-refractivity contribution in [1.29, 1.82) is 0 Å². The van der Waals surface area contributed by atoms with Crippen LogP contribution in [0, 0.1) is 0 Å². The minimum atomic E-state index is -5.11. The number of nitrogens with zero attached hydrogens (tertiary/aromatic N) is 6. The number of aromatic amines is 1. The normalized spacial score (nSPS) is 18.2. The second-order valence-electron chi connectivity index (χ2n) is 11.1. The van der Waals surface area contributed by atoms with E-state index in [-0.39, 0.29) is 33.0 Å². The van der Waals surface area contributed by atoms with Gasteiger partial charge >= 0.3 is 27.9 Å². The number of hydrogen-bond donors (Lipinski definition) is 6. The number of aliphatic carboxylic acids is 1. The number of β-lactam (4-membered cyclic amide) rings is 1. The van der Waals surface area contributed by atoms with E-state index < -0.39 is 80.9 Å². The number of ether oxygens (including phenoxy) is 1. The van der Waals surface area contributed by atoms with E-state index in [1.807, 2.05) is 0 Å². The number of nitrogen functional groups attached to an aromatic ring is 1. The molecule has 3 aromatic heterocycles. The molecule has 0 unspecified atom stereocenters. The largest absolute Gasteiger partial charge is 0.503 e. The maximum Gasteiger partial charge on any atom is 0.362 e. The monoisotopic (exact) mass is 724 g/mol. The van der Waals surface area contributed by atoms with E-state index in [0.29, 0.717) is 24.3 Å². The number of pyridine rings is 1. The number of rotatable bonds is 11. The summed E-state index contributed by atoms with van der Waals surface area (Å²) < 4.78 is 34.4. The molecule has 262 valence electrons. The highest BCUT2D eigenvalue weighted by Crippen LogP contribution is 2.20. The molecule has 24 heteroatoms. The van der Waals surface area contributed by atoms with Crippen LogP contribution in [0.4, 0.5) is 9.93 Å². The molecule has 0 bridgehead atoms. The van der Waals surface area contributed by atoms with Crippen LogP contribution in [0.2, 0.25) is 0 Å². The summed E-state index contributed by atoms with van der Waals surface area (Å²) in [6.07, 6.45) is 1.65. The average Bonchev–Trinajstić information content (AvgIpc) is 3.78. The second-order valence-corrected chi connectivity index (χ2v) is 13.5. The Labute approximate surface area is 278 Å². The lowest BCUT2D eigenvalue weighted by molar-refractivity contribution is -0.161. The van der Waals surface area contributed by atoms with E-state index in [1.54, 1.807) is 4.72 Å². The molecule has 7 N–H and O–H groups in total. The Bertz CT molecular complexity index is 2090. The number of aromatic hydroxyl groups is 1. The number of oxime groups is 1. The highest BCUT2D eigenvalue weighted by molar-refractivity contribution is 7.88. The highest BCUT2D eigenvalue weighted by atomic mass is 32.2. The molecule has 5 heterocycles. The van der Waals surface area contributed by atoms with Crippen molar-refractivity contribution in [2.75, 3.05) is 18.9 Å². The van der Waals surface area contributed by atoms with Crippen molar-refractivity contribution in [1.82, 2.24) is 38.7 Å². The molecule has 4 amide bonds. The summed E-state index contributed by atoms with van der Waals surface area (Å²) in [5.74, 6) is -4.47. The van der Waals surface area contributed by atoms with Gasteiger partial charge in [-0.3, -0.25) is 23.9 Å². The Kier molecular flexibility index (Phi) is 9.29. The van der Waals surface area contributed by atoms with Gasteiger partial charge in [0.1, 0.15) is 11.7 Å². The molecule has 0 aliphatic carbocycles. The summed E-state index contributed by atoms with van der Waals surface area (Å²) in [7, 11) is -5.11. The molecular formula is C25H28N10O12S2. The van der Waals surface area contributed by atoms with Crippen molar-refractivity contribution in [3.05, 3.63) is 44.0 Å². The number of H-pyrrole nitrogens is 1. The molecular weight excluding hydrogens is 696 g/mol. The van der Waals surface area contributed by atoms with Crippen molar-refractivity contribution in [3.63, 3.8) is 0 Å². The van der Waals surface area contributed by atoms with Gasteiger partial charge in [0.25, 0.3) is 11.8 Å². The molecule has 0 aromatic carbocycles. The van der Waals surface area contributed by atoms with Gasteiger partial charge in [-0.2, -0.15) is 8.42 Å². The number of thiazole rings is 1. The molecule has 5 rings (SSSR count). The number of nitrogens with one attached hydrogen (secondary N) is 3. The van der Waals surface area contributed by atoms with Gasteiger partial charge in [-0.15, -0.1) is 16.4 Å². The van der Waals surface area contributed by atoms with Crippen LogP contribution in [0.25, 0.3) is 11.5 Å². The highest BCUT2D eigenvalue weighted by Gasteiger charge is 2.44. The molecule has 0 radical (unpaired) electrons. The van der Waals surface area contributed by atoms with E-state index in [4.69, 9.17) is 15.3 Å². The number of carbonyl (C=O) groups is 4. The standard InChI is InChI=1S/C25H28N10O12S2/c1-25(2,21(40)41)47-31-17(14-10-48-22(26)29-14)19(38)28-13-9-34(20(13)39)23(42)32-49(44,45)35-24(43)33(8-11-4-3-5-46-11)18(30-35)12-6-15(36)16(37)7-27-12/h6-7,10-11,13,37H,3-5,8-9H2,1-2H3,(H2,26,29)(H,27,36)(H,28,38)(H,32,42)(H,40,41)/b31-17-/t11-,13+/m1/s1. The lowest BCUT2D eigenvalue weighted by Crippen LogP contribution is -2.68. The van der Waals surface area contributed by atoms with E-state index in [2.05, 4.69) is 25.5 Å². The predicted molar refractivity (Wildman–Crippen MR) is 166 cm³/mol. The summed E-state index contributed by atoms with van der Waals surface area (Å²) in [5, 5.41) is 29.9. The van der Waals surface area contributed by atoms with Crippen LogP contribution in [-0.2, 0) is 40.7 Å². The van der Waals surface area contributed by atoms with Crippen LogP contribution in [-0.4, -0.2) is 108 Å². The van der Waals surface area contributed by atoms with E-state index in [1.165, 1.54) is 19.2 Å². The fourth-order valence-corrected chi connectivity index (χ4v) is 5.89. The van der Waals surface area contributed by atoms with Crippen LogP contribution in [0.1, 0.15) is 32.4 Å². The number of carbonyl (C=O) groups excluding carboxylic acids is 3. The van der Waals surface area contributed by atoms with Gasteiger partial charge in [0, 0.05) is 24.3 Å². The molecule has 2 saturated heterocycles. The number of likely N-dealkylation sites (tertiary alicyclic amines) is 1. The summed E-state index contributed by atoms with van der Waals surface area (Å²) >= 11 is 0.934. The molecule has 49 heavy (non-hydrogen) atoms. The summed E-state index contributed by atoms with van der Waals surface area (Å²) in [6, 6.07) is -1.95. The smallest absolute Gasteiger partial charge is 0.362 e. The molecule has 3 aromatic rings. The topological polar surface area (TPSA) is 313 Å². The molecule has 22 nitrogen and oxygen atoms in total. The first-order valence-corrected chi connectivity index (χ1v) is 16.4. The van der Waals surface area contributed by atoms with Crippen molar-refractivity contribution in [2.24, 2.45) is 5.16 Å². The fraction of sp³-hybridized carbons (Fsp3) is 0.400. The zero-order valence-corrected chi connectivity index (χ0v) is 27.1. The maximum atomic E-state index is 13.3. The first kappa shape index (κ1) is 34.7. The number of nitrogens with two attached hydrogens (primary N) is 1. The minimum Gasteiger partial charge on any atom is -0.503 e. The second kappa shape index (κ2) is 13.1. The van der Waals surface area contributed by atoms with Crippen molar-refractivity contribution in [3.8, 4) is 17.3 Å². The third-order valence-corrected chi connectivity index (χ3v) is 8.96. The van der Waals surface area contributed by atoms with Crippen molar-refractivity contribution >= 4 is 56.2 Å². The van der Waals surface area contributed by atoms with Gasteiger partial charge < -0.3 is 35.8 Å². The lowest BCUT2D eigenvalue weighted by atomic mass is 10.1. The first-order chi connectivity index (χ1) is 23.0. The Morgan fingerprint density at radius 1 is 1.29 bits per heavy atom. The molecule has 0 spiro atoms. The average molecular weight is 725 g/mol. The van der Waals surface area contributed by atoms with Crippen molar-refractivity contribution < 1.29 is 47.4 Å². The summed E-state index contributed by atoms with van der Waals surface area (Å²) in [6.45, 7) is 2.05. The molecule has 2 fully saturated rings. The Morgan fingerprint density at radius 3 is 2.61 bits per heavy atom. The quantitative estimate of drug-likeness (QED) is 0.0690. The minimum absolute atomic E-state index is 0.0369. The number of urea groups is 1. The SMILES string of the molecule is CC(C)(O/N=C(\C(=O)N[C@H]1CN(C(=O)NS(=O)(=O)n2nc(-c3cc(=O)c(O)c[nH]3)n(C[C@H]3CCCO3)c2=O)C1=O)c1csc(N)n1)C(=O)O. The third-order valence-electron chi connectivity index (χ3n) is 7.16. The first-order valence-electron chi connectivity index (χ1n) is 14.1. The Hall–Kier alpha value is -5.62. The number of imide groups is 1. The van der Waals surface area contributed by atoms with Gasteiger partial charge in [0.05, 0.1) is 24.9 Å². The fourth-order valence-electron chi connectivity index (χ4n) is 4.43. The van der Waals surface area contributed by atoms with E-state index >= 15 is 0 Å². The summed E-state index contributed by atoms with van der Waals surface area (Å²) in [4.78, 5) is 87.3. The number of carboxylic acids is 1. The van der Waals surface area contributed by atoms with Gasteiger partial charge in [-0.25, -0.2) is 24.1 Å². The van der Waals surface area contributed by atoms with Crippen LogP contribution in [0.3, 0.4) is 0 Å². The Balaban J connectivity index is 1.31. The van der Waals surface area contributed by atoms with Crippen LogP contribution in [0.5, 0.6) is 5.75 Å². The lowest BCUT2D eigenvalue weighted by Gasteiger charge is -2.36.